The highest BCUT2D eigenvalue weighted by Gasteiger charge is 2.44. The molecule has 6 heteroatoms. The number of nitrogens with zero attached hydrogens (tertiary/aromatic N) is 3. The van der Waals surface area contributed by atoms with Crippen LogP contribution in [0.5, 0.6) is 0 Å². The third-order valence-electron chi connectivity index (χ3n) is 10.9. The Bertz CT molecular complexity index is 1320. The molecule has 1 saturated carbocycles. The molecule has 2 aromatic rings. The van der Waals surface area contributed by atoms with Crippen molar-refractivity contribution in [3.8, 4) is 0 Å². The molecule has 44 heavy (non-hydrogen) atoms. The second kappa shape index (κ2) is 14.5. The lowest BCUT2D eigenvalue weighted by Crippen LogP contribution is -2.42. The monoisotopic (exact) mass is 599 g/mol. The van der Waals surface area contributed by atoms with Gasteiger partial charge in [0.2, 0.25) is 0 Å². The number of benzene rings is 2. The predicted octanol–water partition coefficient (Wildman–Crippen LogP) is 7.52. The van der Waals surface area contributed by atoms with Crippen molar-refractivity contribution < 1.29 is 14.3 Å². The van der Waals surface area contributed by atoms with Gasteiger partial charge in [0.25, 0.3) is 0 Å². The van der Waals surface area contributed by atoms with E-state index in [1.807, 2.05) is 6.07 Å². The Balaban J connectivity index is 1.11. The van der Waals surface area contributed by atoms with Gasteiger partial charge in [-0.05, 0) is 118 Å². The fraction of sp³-hybridized carbons (Fsp3) is 0.579. The summed E-state index contributed by atoms with van der Waals surface area (Å²) in [5.41, 5.74) is 5.27. The number of hydrogen-bond donors (Lipinski definition) is 1. The molecule has 1 N–H and O–H groups in total. The molecular weight excluding hydrogens is 549 g/mol. The number of hydrogen-bond acceptors (Lipinski definition) is 4. The molecule has 2 saturated heterocycles. The molecule has 3 fully saturated rings. The Kier molecular flexibility index (Phi) is 10.3. The Morgan fingerprint density at radius 1 is 1.02 bits per heavy atom. The molecule has 1 aliphatic carbocycles. The summed E-state index contributed by atoms with van der Waals surface area (Å²) < 4.78 is 14.3. The average molecular weight is 600 g/mol. The second-order valence-corrected chi connectivity index (χ2v) is 13.9. The topological polar surface area (TPSA) is 56.1 Å². The van der Waals surface area contributed by atoms with Crippen LogP contribution in [0.2, 0.25) is 0 Å². The van der Waals surface area contributed by atoms with E-state index in [1.165, 1.54) is 49.4 Å². The first-order chi connectivity index (χ1) is 21.5. The molecule has 4 aliphatic rings. The van der Waals surface area contributed by atoms with E-state index in [2.05, 4.69) is 59.2 Å². The largest absolute Gasteiger partial charge is 0.480 e. The molecule has 0 radical (unpaired) electrons. The molecular formula is C38H50FN3O2. The Hall–Kier alpha value is -2.83. The van der Waals surface area contributed by atoms with Gasteiger partial charge in [-0.3, -0.25) is 14.7 Å². The molecule has 0 spiro atoms. The van der Waals surface area contributed by atoms with E-state index in [4.69, 9.17) is 4.99 Å². The van der Waals surface area contributed by atoms with Crippen molar-refractivity contribution in [3.63, 3.8) is 0 Å². The summed E-state index contributed by atoms with van der Waals surface area (Å²) in [4.78, 5) is 22.1. The molecule has 3 unspecified atom stereocenters. The van der Waals surface area contributed by atoms with E-state index in [-0.39, 0.29) is 23.8 Å². The zero-order chi connectivity index (χ0) is 30.5. The number of carbonyl (C=O) groups is 1. The zero-order valence-electron chi connectivity index (χ0n) is 26.4. The van der Waals surface area contributed by atoms with E-state index in [1.54, 1.807) is 11.6 Å². The van der Waals surface area contributed by atoms with Gasteiger partial charge in [-0.2, -0.15) is 0 Å². The summed E-state index contributed by atoms with van der Waals surface area (Å²) in [7, 11) is 0. The molecule has 0 aromatic heterocycles. The standard InChI is InChI=1S/C38H50FN3O2/c1-2-3-13-33-22-30(23-34(40-33)20-27-9-5-4-6-10-27)28-15-18-41(19-16-28)26-31-24-35(42-17-8-14-37(42)38(43)44)25-36(31)29-11-7-12-32(39)21-29/h4-7,9-12,21,23,28,31,33,35-37H,2-3,8,13-20,22,24-26H2,1H3,(H,43,44)/t31-,33?,35?,36-,37?/m1/s1. The van der Waals surface area contributed by atoms with Crippen LogP contribution in [0, 0.1) is 17.7 Å². The number of dihydropyridines is 1. The summed E-state index contributed by atoms with van der Waals surface area (Å²) in [6.45, 7) is 6.32. The number of rotatable bonds is 11. The van der Waals surface area contributed by atoms with Crippen LogP contribution in [0.3, 0.4) is 0 Å². The SMILES string of the molecule is CCCCC1CC(C2CCN(C[C@H]3CC(N4CCCC4C(=O)O)C[C@@H]3c3cccc(F)c3)CC2)=CC(Cc2ccccc2)=N1. The number of halogens is 1. The first-order valence-corrected chi connectivity index (χ1v) is 17.2. The lowest BCUT2D eigenvalue weighted by Gasteiger charge is -2.37. The summed E-state index contributed by atoms with van der Waals surface area (Å²) in [6, 6.07) is 18.2. The quantitative estimate of drug-likeness (QED) is 0.290. The van der Waals surface area contributed by atoms with E-state index >= 15 is 0 Å². The highest BCUT2D eigenvalue weighted by molar-refractivity contribution is 5.98. The predicted molar refractivity (Wildman–Crippen MR) is 176 cm³/mol. The number of likely N-dealkylation sites (tertiary alicyclic amines) is 2. The highest BCUT2D eigenvalue weighted by Crippen LogP contribution is 2.45. The minimum atomic E-state index is -0.693. The normalized spacial score (nSPS) is 28.6. The minimum Gasteiger partial charge on any atom is -0.480 e. The van der Waals surface area contributed by atoms with E-state index in [9.17, 15) is 14.3 Å². The molecule has 5 atom stereocenters. The summed E-state index contributed by atoms with van der Waals surface area (Å²) in [5.74, 6) is 0.420. The van der Waals surface area contributed by atoms with Gasteiger partial charge >= 0.3 is 5.97 Å². The Morgan fingerprint density at radius 3 is 2.59 bits per heavy atom. The molecule has 6 rings (SSSR count). The van der Waals surface area contributed by atoms with E-state index in [0.717, 1.165) is 70.3 Å². The van der Waals surface area contributed by atoms with Crippen molar-refractivity contribution >= 4 is 11.7 Å². The minimum absolute atomic E-state index is 0.178. The first-order valence-electron chi connectivity index (χ1n) is 17.2. The summed E-state index contributed by atoms with van der Waals surface area (Å²) in [6.07, 6.45) is 14.0. The number of unbranched alkanes of at least 4 members (excludes halogenated alkanes) is 1. The van der Waals surface area contributed by atoms with Crippen LogP contribution in [-0.2, 0) is 11.2 Å². The maximum atomic E-state index is 14.3. The van der Waals surface area contributed by atoms with Crippen molar-refractivity contribution in [2.75, 3.05) is 26.2 Å². The lowest BCUT2D eigenvalue weighted by atomic mass is 9.81. The molecule has 236 valence electrons. The van der Waals surface area contributed by atoms with Crippen molar-refractivity contribution in [2.45, 2.75) is 102 Å². The summed E-state index contributed by atoms with van der Waals surface area (Å²) >= 11 is 0. The number of carboxylic acids is 1. The van der Waals surface area contributed by atoms with Crippen molar-refractivity contribution in [1.29, 1.82) is 0 Å². The zero-order valence-corrected chi connectivity index (χ0v) is 26.4. The number of carboxylic acid groups (broad SMARTS) is 1. The highest BCUT2D eigenvalue weighted by atomic mass is 19.1. The van der Waals surface area contributed by atoms with Crippen LogP contribution in [0.1, 0.15) is 88.2 Å². The van der Waals surface area contributed by atoms with E-state index < -0.39 is 5.97 Å². The van der Waals surface area contributed by atoms with Gasteiger partial charge in [-0.25, -0.2) is 4.39 Å². The molecule has 3 heterocycles. The van der Waals surface area contributed by atoms with Crippen LogP contribution in [0.25, 0.3) is 0 Å². The average Bonchev–Trinajstić information content (AvgIpc) is 3.69. The molecule has 3 aliphatic heterocycles. The summed E-state index contributed by atoms with van der Waals surface area (Å²) in [5, 5.41) is 9.86. The van der Waals surface area contributed by atoms with E-state index in [0.29, 0.717) is 17.9 Å². The number of aliphatic imine (C=N–C) groups is 1. The Morgan fingerprint density at radius 2 is 1.84 bits per heavy atom. The maximum Gasteiger partial charge on any atom is 0.320 e. The van der Waals surface area contributed by atoms with Gasteiger partial charge in [0.15, 0.2) is 0 Å². The van der Waals surface area contributed by atoms with Crippen LogP contribution < -0.4 is 0 Å². The molecule has 0 amide bonds. The fourth-order valence-corrected chi connectivity index (χ4v) is 8.68. The first kappa shape index (κ1) is 31.2. The van der Waals surface area contributed by atoms with Crippen LogP contribution in [0.15, 0.2) is 71.2 Å². The van der Waals surface area contributed by atoms with Gasteiger partial charge in [0, 0.05) is 24.7 Å². The maximum absolute atomic E-state index is 14.3. The van der Waals surface area contributed by atoms with Crippen molar-refractivity contribution in [2.24, 2.45) is 16.8 Å². The molecule has 2 aromatic carbocycles. The second-order valence-electron chi connectivity index (χ2n) is 13.9. The van der Waals surface area contributed by atoms with Crippen LogP contribution >= 0.6 is 0 Å². The third kappa shape index (κ3) is 7.51. The van der Waals surface area contributed by atoms with Gasteiger partial charge in [-0.15, -0.1) is 0 Å². The fourth-order valence-electron chi connectivity index (χ4n) is 8.68. The number of aliphatic carboxylic acids is 1. The number of allylic oxidation sites excluding steroid dienone is 1. The van der Waals surface area contributed by atoms with Crippen molar-refractivity contribution in [1.82, 2.24) is 9.80 Å². The molecule has 0 bridgehead atoms. The van der Waals surface area contributed by atoms with Crippen molar-refractivity contribution in [3.05, 3.63) is 83.2 Å². The smallest absolute Gasteiger partial charge is 0.320 e. The van der Waals surface area contributed by atoms with Crippen LogP contribution in [0.4, 0.5) is 4.39 Å². The van der Waals surface area contributed by atoms with Gasteiger partial charge in [-0.1, -0.05) is 67.8 Å². The molecule has 5 nitrogen and oxygen atoms in total. The number of piperidine rings is 1. The van der Waals surface area contributed by atoms with Crippen LogP contribution in [-0.4, -0.2) is 70.9 Å². The Labute approximate surface area is 263 Å². The third-order valence-corrected chi connectivity index (χ3v) is 10.9. The van der Waals surface area contributed by atoms with Gasteiger partial charge in [0.1, 0.15) is 11.9 Å². The lowest BCUT2D eigenvalue weighted by molar-refractivity contribution is -0.142. The van der Waals surface area contributed by atoms with Gasteiger partial charge in [0.05, 0.1) is 6.04 Å². The van der Waals surface area contributed by atoms with Gasteiger partial charge < -0.3 is 10.0 Å².